The highest BCUT2D eigenvalue weighted by Crippen LogP contribution is 2.10. The Labute approximate surface area is 202 Å². The molecule has 174 valence electrons. The molecular weight excluding hydrogens is 454 g/mol. The lowest BCUT2D eigenvalue weighted by Gasteiger charge is -2.17. The Morgan fingerprint density at radius 2 is 1.71 bits per heavy atom. The van der Waals surface area contributed by atoms with Crippen LogP contribution >= 0.6 is 11.6 Å². The van der Waals surface area contributed by atoms with Crippen LogP contribution < -0.4 is 10.6 Å². The zero-order valence-electron chi connectivity index (χ0n) is 18.3. The van der Waals surface area contributed by atoms with Gasteiger partial charge >= 0.3 is 5.97 Å². The van der Waals surface area contributed by atoms with E-state index in [1.54, 1.807) is 54.7 Å². The summed E-state index contributed by atoms with van der Waals surface area (Å²) in [5, 5.41) is 5.80. The number of halogens is 1. The molecule has 3 aromatic rings. The Morgan fingerprint density at radius 3 is 2.41 bits per heavy atom. The van der Waals surface area contributed by atoms with Gasteiger partial charge in [-0.05, 0) is 41.5 Å². The molecule has 0 saturated heterocycles. The van der Waals surface area contributed by atoms with Crippen LogP contribution in [-0.2, 0) is 32.1 Å². The lowest BCUT2D eigenvalue weighted by Crippen LogP contribution is -2.48. The van der Waals surface area contributed by atoms with E-state index in [0.717, 1.165) is 11.1 Å². The molecule has 2 amide bonds. The van der Waals surface area contributed by atoms with Crippen LogP contribution in [0.2, 0.25) is 5.02 Å². The monoisotopic (exact) mass is 477 g/mol. The molecule has 1 aromatic heterocycles. The number of aromatic nitrogens is 1. The Morgan fingerprint density at radius 1 is 0.971 bits per heavy atom. The molecule has 0 fully saturated rings. The number of pyridine rings is 1. The van der Waals surface area contributed by atoms with E-state index in [4.69, 9.17) is 16.3 Å². The summed E-state index contributed by atoms with van der Waals surface area (Å²) in [6.07, 6.45) is 4.71. The highest BCUT2D eigenvalue weighted by molar-refractivity contribution is 6.30. The van der Waals surface area contributed by atoms with Gasteiger partial charge in [0.25, 0.3) is 0 Å². The van der Waals surface area contributed by atoms with Crippen LogP contribution in [0.15, 0.2) is 85.1 Å². The topological polar surface area (TPSA) is 97.4 Å². The quantitative estimate of drug-likeness (QED) is 0.345. The fraction of sp³-hybridized carbons (Fsp3) is 0.154. The summed E-state index contributed by atoms with van der Waals surface area (Å²) in [6, 6.07) is 20.6. The van der Waals surface area contributed by atoms with E-state index in [2.05, 4.69) is 15.6 Å². The first-order valence-corrected chi connectivity index (χ1v) is 11.0. The molecule has 2 aromatic carbocycles. The molecule has 0 aliphatic rings. The van der Waals surface area contributed by atoms with Gasteiger partial charge in [-0.2, -0.15) is 0 Å². The summed E-state index contributed by atoms with van der Waals surface area (Å²) in [6.45, 7) is -0.208. The first kappa shape index (κ1) is 24.7. The predicted molar refractivity (Wildman–Crippen MR) is 130 cm³/mol. The molecule has 1 heterocycles. The van der Waals surface area contributed by atoms with Crippen LogP contribution in [0.4, 0.5) is 0 Å². The van der Waals surface area contributed by atoms with Gasteiger partial charge in [-0.1, -0.05) is 60.1 Å². The second-order valence-electron chi connectivity index (χ2n) is 7.34. The van der Waals surface area contributed by atoms with E-state index in [9.17, 15) is 14.4 Å². The van der Waals surface area contributed by atoms with Crippen molar-refractivity contribution in [3.05, 3.63) is 107 Å². The van der Waals surface area contributed by atoms with E-state index in [0.29, 0.717) is 10.7 Å². The number of hydrogen-bond acceptors (Lipinski definition) is 5. The van der Waals surface area contributed by atoms with Gasteiger partial charge in [-0.25, -0.2) is 0 Å². The number of benzene rings is 2. The lowest BCUT2D eigenvalue weighted by atomic mass is 10.1. The average molecular weight is 478 g/mol. The molecule has 8 heteroatoms. The Kier molecular flexibility index (Phi) is 9.37. The minimum absolute atomic E-state index is 0.110. The number of esters is 1. The van der Waals surface area contributed by atoms with Gasteiger partial charge in [-0.3, -0.25) is 19.4 Å². The molecule has 0 bridgehead atoms. The number of rotatable bonds is 10. The number of hydrogen-bond donors (Lipinski definition) is 2. The summed E-state index contributed by atoms with van der Waals surface area (Å²) in [4.78, 5) is 41.5. The van der Waals surface area contributed by atoms with E-state index in [1.807, 2.05) is 30.3 Å². The Bertz CT molecular complexity index is 1120. The fourth-order valence-electron chi connectivity index (χ4n) is 2.97. The number of nitrogens with zero attached hydrogens (tertiary/aromatic N) is 1. The molecule has 2 N–H and O–H groups in total. The third-order valence-corrected chi connectivity index (χ3v) is 4.97. The first-order chi connectivity index (χ1) is 16.5. The van der Waals surface area contributed by atoms with Gasteiger partial charge in [0.2, 0.25) is 11.8 Å². The summed E-state index contributed by atoms with van der Waals surface area (Å²) >= 11 is 5.87. The standard InChI is InChI=1S/C26H24ClN3O4/c27-21-12-9-19(10-13-21)11-14-24(31)30-23(16-22-8-4-5-15-28-22)26(33)29-17-25(32)34-18-20-6-2-1-3-7-20/h1-15,23H,16-18H2,(H,29,33)(H,30,31)/t23-/m0/s1. The molecule has 34 heavy (non-hydrogen) atoms. The Balaban J connectivity index is 1.57. The van der Waals surface area contributed by atoms with Crippen molar-refractivity contribution in [2.45, 2.75) is 19.1 Å². The minimum Gasteiger partial charge on any atom is -0.460 e. The summed E-state index contributed by atoms with van der Waals surface area (Å²) in [7, 11) is 0. The van der Waals surface area contributed by atoms with Crippen molar-refractivity contribution < 1.29 is 19.1 Å². The van der Waals surface area contributed by atoms with Gasteiger partial charge in [0.15, 0.2) is 0 Å². The summed E-state index contributed by atoms with van der Waals surface area (Å²) < 4.78 is 5.18. The normalized spacial score (nSPS) is 11.6. The molecule has 1 atom stereocenters. The van der Waals surface area contributed by atoms with Crippen molar-refractivity contribution >= 4 is 35.5 Å². The summed E-state index contributed by atoms with van der Waals surface area (Å²) in [5.74, 6) is -1.56. The molecular formula is C26H24ClN3O4. The number of ether oxygens (including phenoxy) is 1. The second-order valence-corrected chi connectivity index (χ2v) is 7.77. The zero-order chi connectivity index (χ0) is 24.2. The maximum Gasteiger partial charge on any atom is 0.325 e. The van der Waals surface area contributed by atoms with Crippen molar-refractivity contribution in [3.63, 3.8) is 0 Å². The molecule has 0 spiro atoms. The lowest BCUT2D eigenvalue weighted by molar-refractivity contribution is -0.145. The van der Waals surface area contributed by atoms with Crippen molar-refractivity contribution in [1.82, 2.24) is 15.6 Å². The van der Waals surface area contributed by atoms with Gasteiger partial charge < -0.3 is 15.4 Å². The third-order valence-electron chi connectivity index (χ3n) is 4.72. The predicted octanol–water partition coefficient (Wildman–Crippen LogP) is 3.34. The number of amides is 2. The molecule has 0 aliphatic heterocycles. The fourth-order valence-corrected chi connectivity index (χ4v) is 3.10. The van der Waals surface area contributed by atoms with Gasteiger partial charge in [0.1, 0.15) is 19.2 Å². The van der Waals surface area contributed by atoms with Crippen LogP contribution in [-0.4, -0.2) is 35.4 Å². The molecule has 3 rings (SSSR count). The first-order valence-electron chi connectivity index (χ1n) is 10.6. The van der Waals surface area contributed by atoms with E-state index in [-0.39, 0.29) is 19.6 Å². The van der Waals surface area contributed by atoms with Gasteiger partial charge in [0, 0.05) is 29.4 Å². The van der Waals surface area contributed by atoms with Crippen LogP contribution in [0, 0.1) is 0 Å². The van der Waals surface area contributed by atoms with Crippen LogP contribution in [0.25, 0.3) is 6.08 Å². The molecule has 0 saturated carbocycles. The van der Waals surface area contributed by atoms with E-state index in [1.165, 1.54) is 6.08 Å². The van der Waals surface area contributed by atoms with Gasteiger partial charge in [0.05, 0.1) is 0 Å². The van der Waals surface area contributed by atoms with Crippen LogP contribution in [0.5, 0.6) is 0 Å². The number of nitrogens with one attached hydrogen (secondary N) is 2. The second kappa shape index (κ2) is 12.9. The molecule has 0 radical (unpaired) electrons. The molecule has 7 nitrogen and oxygen atoms in total. The maximum absolute atomic E-state index is 12.8. The maximum atomic E-state index is 12.8. The highest BCUT2D eigenvalue weighted by atomic mass is 35.5. The van der Waals surface area contributed by atoms with E-state index < -0.39 is 23.8 Å². The van der Waals surface area contributed by atoms with Crippen LogP contribution in [0.1, 0.15) is 16.8 Å². The SMILES string of the molecule is O=C(C=Cc1ccc(Cl)cc1)N[C@@H](Cc1ccccn1)C(=O)NCC(=O)OCc1ccccc1. The van der Waals surface area contributed by atoms with Crippen molar-refractivity contribution in [3.8, 4) is 0 Å². The zero-order valence-corrected chi connectivity index (χ0v) is 19.1. The summed E-state index contributed by atoms with van der Waals surface area (Å²) in [5.41, 5.74) is 2.25. The van der Waals surface area contributed by atoms with Crippen molar-refractivity contribution in [2.75, 3.05) is 6.54 Å². The van der Waals surface area contributed by atoms with Crippen molar-refractivity contribution in [2.24, 2.45) is 0 Å². The minimum atomic E-state index is -0.931. The highest BCUT2D eigenvalue weighted by Gasteiger charge is 2.22. The van der Waals surface area contributed by atoms with Gasteiger partial charge in [-0.15, -0.1) is 0 Å². The Hall–Kier alpha value is -3.97. The average Bonchev–Trinajstić information content (AvgIpc) is 2.86. The smallest absolute Gasteiger partial charge is 0.325 e. The molecule has 0 unspecified atom stereocenters. The number of carbonyl (C=O) groups excluding carboxylic acids is 3. The molecule has 0 aliphatic carbocycles. The number of carbonyl (C=O) groups is 3. The third kappa shape index (κ3) is 8.52. The van der Waals surface area contributed by atoms with Crippen LogP contribution in [0.3, 0.4) is 0 Å². The van der Waals surface area contributed by atoms with E-state index >= 15 is 0 Å². The largest absolute Gasteiger partial charge is 0.460 e. The van der Waals surface area contributed by atoms with Crippen molar-refractivity contribution in [1.29, 1.82) is 0 Å².